The number of anilines is 1. The molecule has 1 saturated heterocycles. The predicted octanol–water partition coefficient (Wildman–Crippen LogP) is 4.63. The molecule has 4 heterocycles. The third kappa shape index (κ3) is 6.41. The van der Waals surface area contributed by atoms with E-state index in [-0.39, 0.29) is 24.2 Å². The highest BCUT2D eigenvalue weighted by atomic mass is 79.9. The van der Waals surface area contributed by atoms with Crippen molar-refractivity contribution < 1.29 is 14.4 Å². The molecular weight excluding hydrogens is 574 g/mol. The van der Waals surface area contributed by atoms with Crippen molar-refractivity contribution in [3.05, 3.63) is 64.4 Å². The minimum atomic E-state index is -0.394. The molecular formula is C29H32BrN7O3. The lowest BCUT2D eigenvalue weighted by molar-refractivity contribution is -0.135. The molecule has 4 aromatic rings. The minimum Gasteiger partial charge on any atom is -0.373 e. The average Bonchev–Trinajstić information content (AvgIpc) is 3.50. The summed E-state index contributed by atoms with van der Waals surface area (Å²) >= 11 is 3.29. The van der Waals surface area contributed by atoms with Gasteiger partial charge in [0.15, 0.2) is 5.78 Å². The number of hydrogen-bond acceptors (Lipinski definition) is 8. The van der Waals surface area contributed by atoms with Gasteiger partial charge in [-0.25, -0.2) is 15.0 Å². The zero-order chi connectivity index (χ0) is 29.0. The van der Waals surface area contributed by atoms with Crippen molar-refractivity contribution in [1.82, 2.24) is 29.6 Å². The molecule has 1 N–H and O–H groups in total. The fourth-order valence-corrected chi connectivity index (χ4v) is 5.07. The van der Waals surface area contributed by atoms with Crippen LogP contribution in [0.1, 0.15) is 42.1 Å². The summed E-state index contributed by atoms with van der Waals surface area (Å²) < 4.78 is 2.41. The van der Waals surface area contributed by atoms with Crippen LogP contribution in [0.2, 0.25) is 0 Å². The lowest BCUT2D eigenvalue weighted by Crippen LogP contribution is -2.38. The number of halogens is 1. The Hall–Kier alpha value is -3.99. The fraction of sp³-hybridized carbons (Fsp3) is 0.345. The van der Waals surface area contributed by atoms with Crippen LogP contribution in [-0.4, -0.2) is 67.2 Å². The van der Waals surface area contributed by atoms with Crippen molar-refractivity contribution >= 4 is 50.6 Å². The number of rotatable bonds is 6. The van der Waals surface area contributed by atoms with E-state index in [0.717, 1.165) is 33.4 Å². The van der Waals surface area contributed by atoms with Gasteiger partial charge in [-0.3, -0.25) is 14.3 Å². The number of likely N-dealkylation sites (tertiary alicyclic amines) is 1. The third-order valence-corrected chi connectivity index (χ3v) is 7.25. The Kier molecular flexibility index (Phi) is 9.03. The molecule has 1 amide bonds. The summed E-state index contributed by atoms with van der Waals surface area (Å²) in [5.41, 5.74) is 3.87. The number of ketones is 1. The largest absolute Gasteiger partial charge is 0.373 e. The number of hydrogen-bond donors (Lipinski definition) is 1. The van der Waals surface area contributed by atoms with E-state index in [2.05, 4.69) is 41.3 Å². The topological polar surface area (TPSA) is 123 Å². The van der Waals surface area contributed by atoms with Gasteiger partial charge in [0.2, 0.25) is 5.91 Å². The van der Waals surface area contributed by atoms with Gasteiger partial charge in [0.1, 0.15) is 34.8 Å². The highest BCUT2D eigenvalue weighted by Crippen LogP contribution is 2.27. The zero-order valence-electron chi connectivity index (χ0n) is 23.2. The second kappa shape index (κ2) is 12.5. The van der Waals surface area contributed by atoms with Crippen LogP contribution < -0.4 is 5.32 Å². The van der Waals surface area contributed by atoms with Crippen molar-refractivity contribution in [1.29, 1.82) is 0 Å². The maximum absolute atomic E-state index is 12.9. The smallest absolute Gasteiger partial charge is 0.244 e. The number of amides is 1. The lowest BCUT2D eigenvalue weighted by atomic mass is 10.0. The number of aryl methyl sites for hydroxylation is 2. The molecule has 5 rings (SSSR count). The number of aromatic nitrogens is 5. The maximum atomic E-state index is 12.9. The second-order valence-electron chi connectivity index (χ2n) is 9.95. The zero-order valence-corrected chi connectivity index (χ0v) is 24.8. The van der Waals surface area contributed by atoms with Gasteiger partial charge in [-0.15, -0.1) is 0 Å². The van der Waals surface area contributed by atoms with E-state index >= 15 is 0 Å². The van der Waals surface area contributed by atoms with E-state index in [1.165, 1.54) is 6.92 Å². The minimum absolute atomic E-state index is 0.0200. The van der Waals surface area contributed by atoms with E-state index in [0.29, 0.717) is 35.4 Å². The number of pyridine rings is 1. The molecule has 2 atom stereocenters. The summed E-state index contributed by atoms with van der Waals surface area (Å²) in [6.07, 6.45) is 4.98. The van der Waals surface area contributed by atoms with E-state index in [1.807, 2.05) is 58.2 Å². The van der Waals surface area contributed by atoms with E-state index in [4.69, 9.17) is 0 Å². The average molecular weight is 607 g/mol. The number of Topliss-reactive ketones (excluding diaryl/α,β-unsaturated/α-hetero) is 1. The van der Waals surface area contributed by atoms with Crippen LogP contribution >= 0.6 is 15.9 Å². The molecule has 40 heavy (non-hydrogen) atoms. The molecule has 0 bridgehead atoms. The summed E-state index contributed by atoms with van der Waals surface area (Å²) in [6.45, 7) is 7.85. The second-order valence-corrected chi connectivity index (χ2v) is 10.8. The van der Waals surface area contributed by atoms with Crippen molar-refractivity contribution in [3.63, 3.8) is 0 Å². The lowest BCUT2D eigenvalue weighted by Gasteiger charge is -2.20. The molecule has 11 heteroatoms. The molecule has 0 radical (unpaired) electrons. The summed E-state index contributed by atoms with van der Waals surface area (Å²) in [5, 5.41) is 8.09. The van der Waals surface area contributed by atoms with Gasteiger partial charge < -0.3 is 15.0 Å². The molecule has 208 valence electrons. The molecule has 0 saturated carbocycles. The summed E-state index contributed by atoms with van der Waals surface area (Å²) in [5.74, 6) is 1.54. The number of aldehydes is 1. The number of carbonyl (C=O) groups excluding carboxylic acids is 3. The summed E-state index contributed by atoms with van der Waals surface area (Å²) in [7, 11) is 1.86. The van der Waals surface area contributed by atoms with Gasteiger partial charge in [0, 0.05) is 43.9 Å². The molecule has 1 aliphatic heterocycles. The van der Waals surface area contributed by atoms with Crippen LogP contribution in [-0.2, 0) is 16.1 Å². The summed E-state index contributed by atoms with van der Waals surface area (Å²) in [6, 6.07) is 9.17. The first-order valence-corrected chi connectivity index (χ1v) is 13.8. The normalized spacial score (nSPS) is 16.4. The van der Waals surface area contributed by atoms with E-state index in [9.17, 15) is 14.4 Å². The number of benzene rings is 1. The summed E-state index contributed by atoms with van der Waals surface area (Å²) in [4.78, 5) is 50.7. The standard InChI is InChI=1S/C22H23N5O3.C7H9BrN2/c1-13-6-18(12-28)26(10-13)21(30)11-27-20-5-4-16(17-8-23-15(3)24-9-17)7-19(20)22(25-27)14(2)29;1-5-3-4-6(8)10-7(5)9-2/h4-5,7-9,12-13,18H,6,10-11H2,1-3H3;3-4H,1-2H3,(H,9,10). The van der Waals surface area contributed by atoms with Crippen LogP contribution in [0.5, 0.6) is 0 Å². The highest BCUT2D eigenvalue weighted by molar-refractivity contribution is 9.10. The van der Waals surface area contributed by atoms with Gasteiger partial charge in [-0.2, -0.15) is 5.10 Å². The Morgan fingerprint density at radius 2 is 1.85 bits per heavy atom. The molecule has 10 nitrogen and oxygen atoms in total. The molecule has 0 spiro atoms. The molecule has 1 aliphatic rings. The van der Waals surface area contributed by atoms with Crippen LogP contribution in [0.25, 0.3) is 22.0 Å². The Labute approximate surface area is 241 Å². The predicted molar refractivity (Wildman–Crippen MR) is 157 cm³/mol. The first-order valence-electron chi connectivity index (χ1n) is 13.0. The Morgan fingerprint density at radius 1 is 1.12 bits per heavy atom. The van der Waals surface area contributed by atoms with Crippen LogP contribution in [0.15, 0.2) is 47.3 Å². The van der Waals surface area contributed by atoms with Gasteiger partial charge in [-0.05, 0) is 71.4 Å². The Balaban J connectivity index is 0.000000312. The van der Waals surface area contributed by atoms with Crippen molar-refractivity contribution in [2.45, 2.75) is 46.7 Å². The number of nitrogens with zero attached hydrogens (tertiary/aromatic N) is 6. The molecule has 3 aromatic heterocycles. The van der Waals surface area contributed by atoms with Crippen molar-refractivity contribution in [3.8, 4) is 11.1 Å². The van der Waals surface area contributed by atoms with Gasteiger partial charge >= 0.3 is 0 Å². The molecule has 2 unspecified atom stereocenters. The van der Waals surface area contributed by atoms with E-state index in [1.54, 1.807) is 22.0 Å². The van der Waals surface area contributed by atoms with Crippen LogP contribution in [0.4, 0.5) is 5.82 Å². The molecule has 1 aromatic carbocycles. The first-order chi connectivity index (χ1) is 19.1. The van der Waals surface area contributed by atoms with Gasteiger partial charge in [-0.1, -0.05) is 19.1 Å². The number of fused-ring (bicyclic) bond motifs is 1. The number of carbonyl (C=O) groups is 3. The highest BCUT2D eigenvalue weighted by Gasteiger charge is 2.33. The fourth-order valence-electron chi connectivity index (χ4n) is 4.76. The molecule has 1 fully saturated rings. The maximum Gasteiger partial charge on any atom is 0.244 e. The Morgan fingerprint density at radius 3 is 2.48 bits per heavy atom. The van der Waals surface area contributed by atoms with Crippen LogP contribution in [0.3, 0.4) is 0 Å². The van der Waals surface area contributed by atoms with Crippen molar-refractivity contribution in [2.75, 3.05) is 18.9 Å². The van der Waals surface area contributed by atoms with Crippen LogP contribution in [0, 0.1) is 19.8 Å². The number of nitrogens with one attached hydrogen (secondary N) is 1. The molecule has 0 aliphatic carbocycles. The SMILES string of the molecule is CC(=O)c1nn(CC(=O)N2CC(C)CC2C=O)c2ccc(-c3cnc(C)nc3)cc12.CNc1nc(Br)ccc1C. The first kappa shape index (κ1) is 29.0. The van der Waals surface area contributed by atoms with Gasteiger partial charge in [0.25, 0.3) is 0 Å². The van der Waals surface area contributed by atoms with E-state index < -0.39 is 6.04 Å². The Bertz CT molecular complexity index is 1550. The monoisotopic (exact) mass is 605 g/mol. The third-order valence-electron chi connectivity index (χ3n) is 6.81. The quantitative estimate of drug-likeness (QED) is 0.192. The van der Waals surface area contributed by atoms with Gasteiger partial charge in [0.05, 0.1) is 11.6 Å². The van der Waals surface area contributed by atoms with Crippen molar-refractivity contribution in [2.24, 2.45) is 5.92 Å².